The van der Waals surface area contributed by atoms with Crippen LogP contribution in [0, 0.1) is 6.92 Å². The van der Waals surface area contributed by atoms with Gasteiger partial charge < -0.3 is 19.3 Å². The number of nitrogens with zero attached hydrogens (tertiary/aromatic N) is 3. The highest BCUT2D eigenvalue weighted by Gasteiger charge is 2.34. The van der Waals surface area contributed by atoms with Crippen LogP contribution in [0.3, 0.4) is 0 Å². The molecule has 1 N–H and O–H groups in total. The normalized spacial score (nSPS) is 14.8. The third-order valence-corrected chi connectivity index (χ3v) is 8.31. The Balaban J connectivity index is 0.00000417. The number of hydrogen-bond acceptors (Lipinski definition) is 4. The molecule has 0 bridgehead atoms. The summed E-state index contributed by atoms with van der Waals surface area (Å²) in [7, 11) is 0. The number of carboxylic acid groups (broad SMARTS) is 1. The molecule has 1 aliphatic heterocycles. The summed E-state index contributed by atoms with van der Waals surface area (Å²) in [5.41, 5.74) is 6.91. The molecule has 0 aliphatic carbocycles. The van der Waals surface area contributed by atoms with E-state index in [2.05, 4.69) is 64.9 Å². The zero-order chi connectivity index (χ0) is 31.2. The van der Waals surface area contributed by atoms with Crippen LogP contribution >= 0.6 is 12.4 Å². The number of carboxylic acids is 1. The Kier molecular flexibility index (Phi) is 10.6. The summed E-state index contributed by atoms with van der Waals surface area (Å²) in [4.78, 5) is 30.1. The first-order valence-electron chi connectivity index (χ1n) is 15.3. The Morgan fingerprint density at radius 1 is 0.804 bits per heavy atom. The summed E-state index contributed by atoms with van der Waals surface area (Å²) in [6, 6.07) is 40.2. The molecule has 4 aromatic carbocycles. The van der Waals surface area contributed by atoms with Crippen LogP contribution in [-0.4, -0.2) is 63.6 Å². The number of aromatic nitrogens is 1. The molecule has 0 saturated carbocycles. The van der Waals surface area contributed by atoms with Gasteiger partial charge in [0.05, 0.1) is 11.3 Å². The summed E-state index contributed by atoms with van der Waals surface area (Å²) < 4.78 is 7.52. The summed E-state index contributed by atoms with van der Waals surface area (Å²) in [6.07, 6.45) is 0.662. The zero-order valence-electron chi connectivity index (χ0n) is 25.8. The molecule has 0 spiro atoms. The topological polar surface area (TPSA) is 75.0 Å². The highest BCUT2D eigenvalue weighted by molar-refractivity contribution is 6.01. The van der Waals surface area contributed by atoms with E-state index in [0.717, 1.165) is 47.8 Å². The number of para-hydroxylation sites is 1. The van der Waals surface area contributed by atoms with E-state index in [4.69, 9.17) is 9.84 Å². The van der Waals surface area contributed by atoms with Gasteiger partial charge in [-0.15, -0.1) is 12.4 Å². The van der Waals surface area contributed by atoms with Crippen molar-refractivity contribution in [3.05, 3.63) is 144 Å². The molecule has 5 aromatic rings. The van der Waals surface area contributed by atoms with Gasteiger partial charge in [-0.05, 0) is 60.4 Å². The van der Waals surface area contributed by atoms with E-state index in [1.165, 1.54) is 5.56 Å². The van der Waals surface area contributed by atoms with Crippen LogP contribution in [0.15, 0.2) is 121 Å². The van der Waals surface area contributed by atoms with E-state index in [0.29, 0.717) is 24.3 Å². The summed E-state index contributed by atoms with van der Waals surface area (Å²) in [5.74, 6) is -0.480. The van der Waals surface area contributed by atoms with Crippen LogP contribution in [0.2, 0.25) is 0 Å². The molecule has 1 aromatic heterocycles. The number of piperazine rings is 1. The van der Waals surface area contributed by atoms with Crippen molar-refractivity contribution in [3.63, 3.8) is 0 Å². The first-order chi connectivity index (χ1) is 22.0. The number of aryl methyl sites for hydroxylation is 1. The van der Waals surface area contributed by atoms with Crippen LogP contribution in [0.25, 0.3) is 16.9 Å². The van der Waals surface area contributed by atoms with Crippen molar-refractivity contribution >= 4 is 24.3 Å². The van der Waals surface area contributed by atoms with E-state index in [1.807, 2.05) is 65.6 Å². The van der Waals surface area contributed by atoms with E-state index < -0.39 is 5.97 Å². The lowest BCUT2D eigenvalue weighted by atomic mass is 9.99. The average Bonchev–Trinajstić information content (AvgIpc) is 3.42. The standard InChI is InChI=1S/C38H37N3O4.ClH/c1-28-23-35(37(31-13-7-3-8-14-31)41(28)32-15-9-4-10-16-32)38(44)40-22-21-39(25-30-11-5-2-6-12-30)26-33(40)24-29-17-19-34(20-18-29)45-27-36(42)43;/h2-20,23,33H,21-22,24-27H2,1H3,(H,42,43);1H. The molecular weight excluding hydrogens is 598 g/mol. The van der Waals surface area contributed by atoms with Crippen LogP contribution in [0.5, 0.6) is 5.75 Å². The number of halogens is 1. The smallest absolute Gasteiger partial charge is 0.341 e. The van der Waals surface area contributed by atoms with Crippen LogP contribution in [0.4, 0.5) is 0 Å². The van der Waals surface area contributed by atoms with Gasteiger partial charge in [-0.25, -0.2) is 4.79 Å². The van der Waals surface area contributed by atoms with Crippen molar-refractivity contribution in [2.24, 2.45) is 0 Å². The number of ether oxygens (including phenoxy) is 1. The van der Waals surface area contributed by atoms with Crippen molar-refractivity contribution in [2.45, 2.75) is 25.9 Å². The predicted octanol–water partition coefficient (Wildman–Crippen LogP) is 6.91. The lowest BCUT2D eigenvalue weighted by molar-refractivity contribution is -0.139. The SMILES string of the molecule is Cc1cc(C(=O)N2CCN(Cc3ccccc3)CC2Cc2ccc(OCC(=O)O)cc2)c(-c2ccccc2)n1-c1ccccc1.Cl. The fourth-order valence-corrected chi connectivity index (χ4v) is 6.23. The second-order valence-corrected chi connectivity index (χ2v) is 11.5. The van der Waals surface area contributed by atoms with E-state index >= 15 is 0 Å². The van der Waals surface area contributed by atoms with Crippen LogP contribution < -0.4 is 4.74 Å². The fourth-order valence-electron chi connectivity index (χ4n) is 6.23. The largest absolute Gasteiger partial charge is 0.482 e. The fraction of sp³-hybridized carbons (Fsp3) is 0.211. The van der Waals surface area contributed by atoms with Gasteiger partial charge in [0.2, 0.25) is 0 Å². The number of amides is 1. The Bertz CT molecular complexity index is 1740. The van der Waals surface area contributed by atoms with Crippen molar-refractivity contribution in [1.82, 2.24) is 14.4 Å². The highest BCUT2D eigenvalue weighted by atomic mass is 35.5. The molecule has 1 atom stereocenters. The number of hydrogen-bond donors (Lipinski definition) is 1. The van der Waals surface area contributed by atoms with Crippen LogP contribution in [0.1, 0.15) is 27.2 Å². The first kappa shape index (κ1) is 32.5. The molecule has 46 heavy (non-hydrogen) atoms. The number of aliphatic carboxylic acids is 1. The molecule has 1 saturated heterocycles. The monoisotopic (exact) mass is 635 g/mol. The Morgan fingerprint density at radius 3 is 2.09 bits per heavy atom. The van der Waals surface area contributed by atoms with E-state index in [-0.39, 0.29) is 31.0 Å². The molecule has 0 radical (unpaired) electrons. The third kappa shape index (κ3) is 7.50. The van der Waals surface area contributed by atoms with Crippen molar-refractivity contribution < 1.29 is 19.4 Å². The van der Waals surface area contributed by atoms with Crippen molar-refractivity contribution in [2.75, 3.05) is 26.2 Å². The lowest BCUT2D eigenvalue weighted by Crippen LogP contribution is -2.55. The van der Waals surface area contributed by atoms with Gasteiger partial charge in [0.15, 0.2) is 6.61 Å². The van der Waals surface area contributed by atoms with Gasteiger partial charge in [0, 0.05) is 43.6 Å². The maximum Gasteiger partial charge on any atom is 0.341 e. The predicted molar refractivity (Wildman–Crippen MR) is 183 cm³/mol. The zero-order valence-corrected chi connectivity index (χ0v) is 26.6. The number of benzene rings is 4. The molecule has 7 nitrogen and oxygen atoms in total. The molecule has 1 aliphatic rings. The van der Waals surface area contributed by atoms with E-state index in [9.17, 15) is 9.59 Å². The molecule has 8 heteroatoms. The number of rotatable bonds is 10. The van der Waals surface area contributed by atoms with Crippen molar-refractivity contribution in [3.8, 4) is 22.7 Å². The Labute approximate surface area is 276 Å². The van der Waals surface area contributed by atoms with Crippen LogP contribution in [-0.2, 0) is 17.8 Å². The van der Waals surface area contributed by atoms with Gasteiger partial charge in [0.25, 0.3) is 5.91 Å². The molecule has 6 rings (SSSR count). The molecule has 1 fully saturated rings. The van der Waals surface area contributed by atoms with Crippen molar-refractivity contribution in [1.29, 1.82) is 0 Å². The van der Waals surface area contributed by atoms with Gasteiger partial charge in [-0.1, -0.05) is 91.0 Å². The minimum absolute atomic E-state index is 0. The maximum atomic E-state index is 14.7. The van der Waals surface area contributed by atoms with Gasteiger partial charge in [-0.3, -0.25) is 9.69 Å². The van der Waals surface area contributed by atoms with Gasteiger partial charge in [0.1, 0.15) is 5.75 Å². The summed E-state index contributed by atoms with van der Waals surface area (Å²) in [6.45, 7) is 4.61. The molecular formula is C38H38ClN3O4. The number of carbonyl (C=O) groups is 2. The molecule has 1 unspecified atom stereocenters. The minimum Gasteiger partial charge on any atom is -0.482 e. The number of carbonyl (C=O) groups excluding carboxylic acids is 1. The maximum absolute atomic E-state index is 14.7. The minimum atomic E-state index is -1.01. The average molecular weight is 636 g/mol. The first-order valence-corrected chi connectivity index (χ1v) is 15.3. The second-order valence-electron chi connectivity index (χ2n) is 11.5. The molecule has 236 valence electrons. The highest BCUT2D eigenvalue weighted by Crippen LogP contribution is 2.33. The Morgan fingerprint density at radius 2 is 1.43 bits per heavy atom. The second kappa shape index (κ2) is 15.0. The summed E-state index contributed by atoms with van der Waals surface area (Å²) >= 11 is 0. The molecule has 2 heterocycles. The van der Waals surface area contributed by atoms with Gasteiger partial charge >= 0.3 is 5.97 Å². The quantitative estimate of drug-likeness (QED) is 0.181. The van der Waals surface area contributed by atoms with Gasteiger partial charge in [-0.2, -0.15) is 0 Å². The Hall–Kier alpha value is -4.85. The third-order valence-electron chi connectivity index (χ3n) is 8.31. The lowest BCUT2D eigenvalue weighted by Gasteiger charge is -2.42. The molecule has 1 amide bonds. The van der Waals surface area contributed by atoms with E-state index in [1.54, 1.807) is 12.1 Å². The summed E-state index contributed by atoms with van der Waals surface area (Å²) in [5, 5.41) is 8.96.